The summed E-state index contributed by atoms with van der Waals surface area (Å²) in [6.45, 7) is 2.42. The fourth-order valence-electron chi connectivity index (χ4n) is 2.41. The molecule has 0 amide bonds. The van der Waals surface area contributed by atoms with E-state index >= 15 is 0 Å². The Bertz CT molecular complexity index is 348. The number of ether oxygens (including phenoxy) is 2. The lowest BCUT2D eigenvalue weighted by Crippen LogP contribution is -2.33. The number of hydrogen-bond donors (Lipinski definition) is 1. The molecule has 5 nitrogen and oxygen atoms in total. The van der Waals surface area contributed by atoms with E-state index in [0.29, 0.717) is 0 Å². The number of nitrogens with zero attached hydrogens (tertiary/aromatic N) is 2. The van der Waals surface area contributed by atoms with Crippen molar-refractivity contribution in [1.82, 2.24) is 9.78 Å². The van der Waals surface area contributed by atoms with Crippen LogP contribution in [-0.2, 0) is 16.0 Å². The Balaban J connectivity index is 1.96. The molecular weight excluding hydrogens is 230 g/mol. The number of nitrogens with two attached hydrogens (primary N) is 1. The van der Waals surface area contributed by atoms with Crippen LogP contribution in [0.15, 0.2) is 12.3 Å². The molecule has 102 valence electrons. The molecule has 1 saturated heterocycles. The van der Waals surface area contributed by atoms with Crippen molar-refractivity contribution in [3.05, 3.63) is 18.0 Å². The minimum atomic E-state index is -0.0738. The van der Waals surface area contributed by atoms with Crippen LogP contribution in [-0.4, -0.2) is 36.2 Å². The lowest BCUT2D eigenvalue weighted by molar-refractivity contribution is -0.00167. The van der Waals surface area contributed by atoms with Gasteiger partial charge in [-0.1, -0.05) is 0 Å². The van der Waals surface area contributed by atoms with Gasteiger partial charge in [0.1, 0.15) is 0 Å². The molecule has 1 fully saturated rings. The Morgan fingerprint density at radius 1 is 1.61 bits per heavy atom. The molecule has 2 atom stereocenters. The van der Waals surface area contributed by atoms with Crippen LogP contribution in [0.2, 0.25) is 0 Å². The summed E-state index contributed by atoms with van der Waals surface area (Å²) in [5.41, 5.74) is 7.37. The van der Waals surface area contributed by atoms with Gasteiger partial charge < -0.3 is 15.2 Å². The van der Waals surface area contributed by atoms with E-state index in [9.17, 15) is 0 Å². The lowest BCUT2D eigenvalue weighted by atomic mass is 10.0. The van der Waals surface area contributed by atoms with Crippen molar-refractivity contribution in [3.8, 4) is 0 Å². The van der Waals surface area contributed by atoms with Gasteiger partial charge in [0.25, 0.3) is 0 Å². The zero-order chi connectivity index (χ0) is 12.8. The molecule has 2 N–H and O–H groups in total. The Labute approximate surface area is 108 Å². The average molecular weight is 253 g/mol. The zero-order valence-corrected chi connectivity index (χ0v) is 11.0. The van der Waals surface area contributed by atoms with Crippen LogP contribution in [0.3, 0.4) is 0 Å². The third kappa shape index (κ3) is 3.31. The molecule has 1 aromatic rings. The van der Waals surface area contributed by atoms with E-state index in [1.54, 1.807) is 7.11 Å². The molecule has 0 saturated carbocycles. The molecule has 2 unspecified atom stereocenters. The third-order valence-electron chi connectivity index (χ3n) is 3.42. The SMILES string of the molecule is COCCCn1nccc1C(N)C1CCCCO1. The highest BCUT2D eigenvalue weighted by atomic mass is 16.5. The average Bonchev–Trinajstić information content (AvgIpc) is 2.88. The highest BCUT2D eigenvalue weighted by Crippen LogP contribution is 2.24. The maximum absolute atomic E-state index is 6.30. The minimum absolute atomic E-state index is 0.0738. The fourth-order valence-corrected chi connectivity index (χ4v) is 2.41. The van der Waals surface area contributed by atoms with E-state index in [-0.39, 0.29) is 12.1 Å². The molecule has 1 aromatic heterocycles. The monoisotopic (exact) mass is 253 g/mol. The van der Waals surface area contributed by atoms with Gasteiger partial charge in [0.2, 0.25) is 0 Å². The molecule has 0 spiro atoms. The molecule has 1 aliphatic rings. The molecule has 18 heavy (non-hydrogen) atoms. The van der Waals surface area contributed by atoms with Crippen molar-refractivity contribution in [2.45, 2.75) is 44.4 Å². The third-order valence-corrected chi connectivity index (χ3v) is 3.42. The van der Waals surface area contributed by atoms with Crippen molar-refractivity contribution in [2.24, 2.45) is 5.73 Å². The van der Waals surface area contributed by atoms with Gasteiger partial charge in [0.05, 0.1) is 17.8 Å². The van der Waals surface area contributed by atoms with Gasteiger partial charge in [-0.2, -0.15) is 5.10 Å². The summed E-state index contributed by atoms with van der Waals surface area (Å²) in [5, 5.41) is 4.33. The Kier molecular flexibility index (Phi) is 5.16. The van der Waals surface area contributed by atoms with E-state index in [0.717, 1.165) is 44.7 Å². The highest BCUT2D eigenvalue weighted by Gasteiger charge is 2.25. The molecule has 5 heteroatoms. The normalized spacial score (nSPS) is 22.0. The molecule has 0 radical (unpaired) electrons. The minimum Gasteiger partial charge on any atom is -0.385 e. The topological polar surface area (TPSA) is 62.3 Å². The van der Waals surface area contributed by atoms with Gasteiger partial charge in [-0.25, -0.2) is 0 Å². The van der Waals surface area contributed by atoms with Crippen molar-refractivity contribution in [3.63, 3.8) is 0 Å². The predicted octanol–water partition coefficient (Wildman–Crippen LogP) is 1.49. The molecule has 1 aliphatic heterocycles. The van der Waals surface area contributed by atoms with Gasteiger partial charge in [-0.15, -0.1) is 0 Å². The van der Waals surface area contributed by atoms with E-state index in [4.69, 9.17) is 15.2 Å². The van der Waals surface area contributed by atoms with Crippen LogP contribution in [0.4, 0.5) is 0 Å². The second-order valence-corrected chi connectivity index (χ2v) is 4.76. The van der Waals surface area contributed by atoms with E-state index in [2.05, 4.69) is 5.10 Å². The Hall–Kier alpha value is -0.910. The van der Waals surface area contributed by atoms with Crippen LogP contribution in [0.25, 0.3) is 0 Å². The maximum atomic E-state index is 6.30. The Morgan fingerprint density at radius 2 is 2.50 bits per heavy atom. The number of aromatic nitrogens is 2. The van der Waals surface area contributed by atoms with Crippen LogP contribution in [0, 0.1) is 0 Å². The number of hydrogen-bond acceptors (Lipinski definition) is 4. The van der Waals surface area contributed by atoms with E-state index in [1.165, 1.54) is 6.42 Å². The van der Waals surface area contributed by atoms with Crippen LogP contribution in [0.1, 0.15) is 37.4 Å². The standard InChI is InChI=1S/C13H23N3O2/c1-17-9-4-8-16-11(6-7-15-16)13(14)12-5-2-3-10-18-12/h6-7,12-13H,2-5,8-10,14H2,1H3. The molecule has 2 heterocycles. The molecule has 0 aromatic carbocycles. The Morgan fingerprint density at radius 3 is 3.22 bits per heavy atom. The largest absolute Gasteiger partial charge is 0.385 e. The van der Waals surface area contributed by atoms with E-state index in [1.807, 2.05) is 16.9 Å². The highest BCUT2D eigenvalue weighted by molar-refractivity contribution is 5.08. The summed E-state index contributed by atoms with van der Waals surface area (Å²) in [6, 6.07) is 1.92. The van der Waals surface area contributed by atoms with Crippen molar-refractivity contribution < 1.29 is 9.47 Å². The van der Waals surface area contributed by atoms with Crippen LogP contribution >= 0.6 is 0 Å². The predicted molar refractivity (Wildman–Crippen MR) is 69.2 cm³/mol. The smallest absolute Gasteiger partial charge is 0.0782 e. The first-order valence-electron chi connectivity index (χ1n) is 6.70. The van der Waals surface area contributed by atoms with Crippen LogP contribution in [0.5, 0.6) is 0 Å². The van der Waals surface area contributed by atoms with Gasteiger partial charge in [0, 0.05) is 33.1 Å². The molecular formula is C13H23N3O2. The first-order chi connectivity index (χ1) is 8.83. The molecule has 0 bridgehead atoms. The van der Waals surface area contributed by atoms with Gasteiger partial charge in [0.15, 0.2) is 0 Å². The summed E-state index contributed by atoms with van der Waals surface area (Å²) < 4.78 is 12.8. The number of aryl methyl sites for hydroxylation is 1. The lowest BCUT2D eigenvalue weighted by Gasteiger charge is -2.28. The second-order valence-electron chi connectivity index (χ2n) is 4.76. The summed E-state index contributed by atoms with van der Waals surface area (Å²) in [5.74, 6) is 0. The fraction of sp³-hybridized carbons (Fsp3) is 0.769. The quantitative estimate of drug-likeness (QED) is 0.780. The summed E-state index contributed by atoms with van der Waals surface area (Å²) in [4.78, 5) is 0. The maximum Gasteiger partial charge on any atom is 0.0782 e. The number of rotatable bonds is 6. The van der Waals surface area contributed by atoms with Crippen molar-refractivity contribution in [2.75, 3.05) is 20.3 Å². The van der Waals surface area contributed by atoms with Gasteiger partial charge in [-0.3, -0.25) is 4.68 Å². The summed E-state index contributed by atoms with van der Waals surface area (Å²) >= 11 is 0. The molecule has 0 aliphatic carbocycles. The first kappa shape index (κ1) is 13.5. The van der Waals surface area contributed by atoms with E-state index < -0.39 is 0 Å². The second kappa shape index (κ2) is 6.87. The summed E-state index contributed by atoms with van der Waals surface area (Å²) in [6.07, 6.45) is 6.29. The van der Waals surface area contributed by atoms with Gasteiger partial charge in [-0.05, 0) is 31.7 Å². The number of methoxy groups -OCH3 is 1. The van der Waals surface area contributed by atoms with Crippen molar-refractivity contribution >= 4 is 0 Å². The van der Waals surface area contributed by atoms with Crippen molar-refractivity contribution in [1.29, 1.82) is 0 Å². The first-order valence-corrected chi connectivity index (χ1v) is 6.70. The molecule has 2 rings (SSSR count). The summed E-state index contributed by atoms with van der Waals surface area (Å²) in [7, 11) is 1.71. The van der Waals surface area contributed by atoms with Gasteiger partial charge >= 0.3 is 0 Å². The zero-order valence-electron chi connectivity index (χ0n) is 11.0. The van der Waals surface area contributed by atoms with Crippen LogP contribution < -0.4 is 5.73 Å².